The molecule has 2 heterocycles. The first kappa shape index (κ1) is 13.8. The molecule has 0 aliphatic heterocycles. The van der Waals surface area contributed by atoms with Gasteiger partial charge in [-0.25, -0.2) is 0 Å². The maximum absolute atomic E-state index is 12.6. The Kier molecular flexibility index (Phi) is 3.27. The molecule has 0 saturated carbocycles. The first-order chi connectivity index (χ1) is 10.0. The average molecular weight is 321 g/mol. The lowest BCUT2D eigenvalue weighted by Crippen LogP contribution is -2.00. The highest BCUT2D eigenvalue weighted by molar-refractivity contribution is 7.13. The number of H-pyrrole nitrogens is 1. The second-order valence-corrected chi connectivity index (χ2v) is 5.81. The molecule has 2 aromatic heterocycles. The summed E-state index contributed by atoms with van der Waals surface area (Å²) in [7, 11) is 0. The summed E-state index contributed by atoms with van der Waals surface area (Å²) in [6, 6.07) is 4.65. The highest BCUT2D eigenvalue weighted by atomic mass is 35.5. The minimum atomic E-state index is -0.492. The third-order valence-corrected chi connectivity index (χ3v) is 4.93. The number of carbonyl (C=O) groups excluding carboxylic acids is 1. The number of hydrogen-bond donors (Lipinski definition) is 1. The fraction of sp³-hybridized carbons (Fsp3) is 0.0714. The van der Waals surface area contributed by atoms with Crippen LogP contribution in [0.15, 0.2) is 29.8 Å². The number of aromatic amines is 1. The number of ketones is 1. The van der Waals surface area contributed by atoms with Crippen molar-refractivity contribution in [1.82, 2.24) is 4.98 Å². The minimum absolute atomic E-state index is 0.0958. The van der Waals surface area contributed by atoms with Gasteiger partial charge in [-0.2, -0.15) is 0 Å². The van der Waals surface area contributed by atoms with E-state index in [1.165, 1.54) is 23.6 Å². The largest absolute Gasteiger partial charge is 0.360 e. The summed E-state index contributed by atoms with van der Waals surface area (Å²) in [5, 5.41) is 13.7. The zero-order chi connectivity index (χ0) is 15.1. The van der Waals surface area contributed by atoms with E-state index in [0.717, 1.165) is 5.56 Å². The van der Waals surface area contributed by atoms with Crippen molar-refractivity contribution in [3.63, 3.8) is 0 Å². The molecule has 106 valence electrons. The highest BCUT2D eigenvalue weighted by Gasteiger charge is 2.24. The van der Waals surface area contributed by atoms with Crippen molar-refractivity contribution < 1.29 is 9.72 Å². The van der Waals surface area contributed by atoms with Gasteiger partial charge in [-0.05, 0) is 23.9 Å². The van der Waals surface area contributed by atoms with Gasteiger partial charge in [-0.15, -0.1) is 11.3 Å². The van der Waals surface area contributed by atoms with E-state index in [1.807, 2.05) is 6.92 Å². The average Bonchev–Trinajstić information content (AvgIpc) is 3.03. The Morgan fingerprint density at radius 1 is 1.43 bits per heavy atom. The van der Waals surface area contributed by atoms with Crippen LogP contribution in [0.1, 0.15) is 20.8 Å². The molecule has 0 aliphatic carbocycles. The van der Waals surface area contributed by atoms with Crippen molar-refractivity contribution in [3.05, 3.63) is 60.9 Å². The lowest BCUT2D eigenvalue weighted by atomic mass is 10.1. The van der Waals surface area contributed by atoms with Crippen molar-refractivity contribution in [3.8, 4) is 0 Å². The van der Waals surface area contributed by atoms with Crippen LogP contribution in [0.2, 0.25) is 5.02 Å². The summed E-state index contributed by atoms with van der Waals surface area (Å²) >= 11 is 7.36. The molecule has 0 aliphatic rings. The van der Waals surface area contributed by atoms with E-state index in [2.05, 4.69) is 4.98 Å². The molecular formula is C14H9ClN2O3S. The van der Waals surface area contributed by atoms with Crippen LogP contribution >= 0.6 is 22.9 Å². The first-order valence-corrected chi connectivity index (χ1v) is 7.29. The lowest BCUT2D eigenvalue weighted by Gasteiger charge is -1.99. The van der Waals surface area contributed by atoms with Crippen LogP contribution in [0.4, 0.5) is 5.69 Å². The Labute approximate surface area is 128 Å². The molecule has 3 rings (SSSR count). The Morgan fingerprint density at radius 2 is 2.19 bits per heavy atom. The van der Waals surface area contributed by atoms with Crippen LogP contribution in [0.25, 0.3) is 10.9 Å². The number of aromatic nitrogens is 1. The zero-order valence-corrected chi connectivity index (χ0v) is 12.4. The van der Waals surface area contributed by atoms with Crippen molar-refractivity contribution in [2.24, 2.45) is 0 Å². The summed E-state index contributed by atoms with van der Waals surface area (Å²) in [4.78, 5) is 26.6. The smallest absolute Gasteiger partial charge is 0.279 e. The Morgan fingerprint density at radius 3 is 2.81 bits per heavy atom. The number of aryl methyl sites for hydroxylation is 1. The number of hydrogen-bond acceptors (Lipinski definition) is 4. The van der Waals surface area contributed by atoms with Crippen LogP contribution in [0, 0.1) is 17.0 Å². The van der Waals surface area contributed by atoms with Crippen LogP contribution in [-0.2, 0) is 0 Å². The van der Waals surface area contributed by atoms with Crippen molar-refractivity contribution in [2.45, 2.75) is 6.92 Å². The van der Waals surface area contributed by atoms with Crippen LogP contribution < -0.4 is 0 Å². The number of non-ortho nitro benzene ring substituents is 1. The number of halogens is 1. The van der Waals surface area contributed by atoms with Crippen LogP contribution in [0.5, 0.6) is 0 Å². The number of thiophene rings is 1. The van der Waals surface area contributed by atoms with E-state index < -0.39 is 4.92 Å². The number of nitro groups is 1. The Bertz CT molecular complexity index is 882. The number of fused-ring (bicyclic) bond motifs is 1. The van der Waals surface area contributed by atoms with Gasteiger partial charge in [-0.1, -0.05) is 17.7 Å². The van der Waals surface area contributed by atoms with E-state index in [-0.39, 0.29) is 17.0 Å². The van der Waals surface area contributed by atoms with Crippen LogP contribution in [0.3, 0.4) is 0 Å². The molecule has 21 heavy (non-hydrogen) atoms. The van der Waals surface area contributed by atoms with E-state index in [4.69, 9.17) is 11.6 Å². The Hall–Kier alpha value is -2.18. The zero-order valence-electron chi connectivity index (χ0n) is 10.8. The quantitative estimate of drug-likeness (QED) is 0.443. The fourth-order valence-corrected chi connectivity index (χ4v) is 3.43. The van der Waals surface area contributed by atoms with Crippen molar-refractivity contribution >= 4 is 45.3 Å². The molecular weight excluding hydrogens is 312 g/mol. The summed E-state index contributed by atoms with van der Waals surface area (Å²) in [6.07, 6.45) is 1.49. The first-order valence-electron chi connectivity index (χ1n) is 6.03. The Balaban J connectivity index is 2.24. The fourth-order valence-electron chi connectivity index (χ4n) is 2.20. The van der Waals surface area contributed by atoms with E-state index >= 15 is 0 Å². The topological polar surface area (TPSA) is 76.0 Å². The molecule has 0 amide bonds. The lowest BCUT2D eigenvalue weighted by molar-refractivity contribution is -0.383. The molecule has 0 bridgehead atoms. The molecule has 7 heteroatoms. The number of nitro benzene ring substituents is 1. The summed E-state index contributed by atoms with van der Waals surface area (Å²) in [5.41, 5.74) is 1.54. The molecule has 0 fully saturated rings. The second-order valence-electron chi connectivity index (χ2n) is 4.55. The predicted octanol–water partition coefficient (Wildman–Crippen LogP) is 4.33. The van der Waals surface area contributed by atoms with E-state index in [9.17, 15) is 14.9 Å². The van der Waals surface area contributed by atoms with Gasteiger partial charge in [0.05, 0.1) is 31.3 Å². The van der Waals surface area contributed by atoms with Gasteiger partial charge in [0.2, 0.25) is 5.78 Å². The minimum Gasteiger partial charge on any atom is -0.360 e. The van der Waals surface area contributed by atoms with Crippen molar-refractivity contribution in [2.75, 3.05) is 0 Å². The number of carbonyl (C=O) groups is 1. The van der Waals surface area contributed by atoms with Gasteiger partial charge in [0.15, 0.2) is 0 Å². The molecule has 0 saturated heterocycles. The van der Waals surface area contributed by atoms with Crippen LogP contribution in [-0.4, -0.2) is 15.7 Å². The number of nitrogens with one attached hydrogen (secondary N) is 1. The normalized spacial score (nSPS) is 11.0. The summed E-state index contributed by atoms with van der Waals surface area (Å²) < 4.78 is 0. The molecule has 5 nitrogen and oxygen atoms in total. The van der Waals surface area contributed by atoms with Gasteiger partial charge >= 0.3 is 0 Å². The van der Waals surface area contributed by atoms with Gasteiger partial charge in [0, 0.05) is 12.3 Å². The molecule has 1 N–H and O–H groups in total. The standard InChI is InChI=1S/C14H9ClN2O3S/c1-7-6-21-14(12(7)15)13(18)8-5-16-9-3-2-4-10(11(8)9)17(19)20/h2-6,16H,1H3. The molecule has 0 radical (unpaired) electrons. The van der Waals surface area contributed by atoms with Crippen molar-refractivity contribution in [1.29, 1.82) is 0 Å². The van der Waals surface area contributed by atoms with E-state index in [0.29, 0.717) is 20.8 Å². The molecule has 0 unspecified atom stereocenters. The number of benzene rings is 1. The summed E-state index contributed by atoms with van der Waals surface area (Å²) in [5.74, 6) is -0.307. The molecule has 3 aromatic rings. The maximum atomic E-state index is 12.6. The predicted molar refractivity (Wildman–Crippen MR) is 82.5 cm³/mol. The van der Waals surface area contributed by atoms with E-state index in [1.54, 1.807) is 17.5 Å². The number of rotatable bonds is 3. The summed E-state index contributed by atoms with van der Waals surface area (Å²) in [6.45, 7) is 1.81. The van der Waals surface area contributed by atoms with Gasteiger partial charge in [-0.3, -0.25) is 14.9 Å². The monoisotopic (exact) mass is 320 g/mol. The number of nitrogens with zero attached hydrogens (tertiary/aromatic N) is 1. The molecule has 0 spiro atoms. The van der Waals surface area contributed by atoms with Gasteiger partial charge in [0.25, 0.3) is 5.69 Å². The SMILES string of the molecule is Cc1csc(C(=O)c2c[nH]c3cccc([N+](=O)[O-])c23)c1Cl. The molecule has 1 aromatic carbocycles. The maximum Gasteiger partial charge on any atom is 0.279 e. The third-order valence-electron chi connectivity index (χ3n) is 3.23. The van der Waals surface area contributed by atoms with Gasteiger partial charge < -0.3 is 4.98 Å². The third kappa shape index (κ3) is 2.12. The van der Waals surface area contributed by atoms with Gasteiger partial charge in [0.1, 0.15) is 0 Å². The second kappa shape index (κ2) is 4.98. The highest BCUT2D eigenvalue weighted by Crippen LogP contribution is 2.34. The molecule has 0 atom stereocenters.